The number of benzene rings is 1. The summed E-state index contributed by atoms with van der Waals surface area (Å²) in [6, 6.07) is 7.43. The van der Waals surface area contributed by atoms with Crippen LogP contribution in [-0.4, -0.2) is 19.7 Å². The van der Waals surface area contributed by atoms with Crippen LogP contribution in [0.25, 0.3) is 10.9 Å². The number of aromatic nitrogens is 4. The van der Waals surface area contributed by atoms with Crippen LogP contribution in [0.1, 0.15) is 49.0 Å². The average molecular weight is 340 g/mol. The van der Waals surface area contributed by atoms with Gasteiger partial charge in [-0.2, -0.15) is 0 Å². The van der Waals surface area contributed by atoms with Gasteiger partial charge in [-0.15, -0.1) is 10.2 Å². The standard InChI is InChI=1S/C18H17FN4S/c19-14-8-12-2-1-7-20-16(12)13(9-14)10-24-18-22-21-17(11-3-4-11)23(18)15-5-6-15/h1-2,7-9,11,15H,3-6,10H2. The molecule has 4 nitrogen and oxygen atoms in total. The van der Waals surface area contributed by atoms with Gasteiger partial charge in [0, 0.05) is 29.3 Å². The van der Waals surface area contributed by atoms with Crippen molar-refractivity contribution >= 4 is 22.7 Å². The molecule has 2 heterocycles. The number of hydrogen-bond acceptors (Lipinski definition) is 4. The highest BCUT2D eigenvalue weighted by atomic mass is 32.2. The minimum Gasteiger partial charge on any atom is -0.303 e. The van der Waals surface area contributed by atoms with Gasteiger partial charge in [0.2, 0.25) is 0 Å². The van der Waals surface area contributed by atoms with E-state index in [1.54, 1.807) is 24.0 Å². The first-order chi connectivity index (χ1) is 11.8. The number of pyridine rings is 1. The Morgan fingerprint density at radius 2 is 2.04 bits per heavy atom. The Kier molecular flexibility index (Phi) is 3.33. The molecule has 2 aliphatic rings. The van der Waals surface area contributed by atoms with Crippen molar-refractivity contribution in [3.05, 3.63) is 47.7 Å². The lowest BCUT2D eigenvalue weighted by Gasteiger charge is -2.09. The van der Waals surface area contributed by atoms with Crippen molar-refractivity contribution in [2.45, 2.75) is 48.6 Å². The van der Waals surface area contributed by atoms with E-state index >= 15 is 0 Å². The molecule has 2 saturated carbocycles. The molecule has 0 atom stereocenters. The van der Waals surface area contributed by atoms with Crippen molar-refractivity contribution in [3.63, 3.8) is 0 Å². The molecular weight excluding hydrogens is 323 g/mol. The first-order valence-corrected chi connectivity index (χ1v) is 9.39. The van der Waals surface area contributed by atoms with Gasteiger partial charge in [0.1, 0.15) is 11.6 Å². The monoisotopic (exact) mass is 340 g/mol. The first kappa shape index (κ1) is 14.4. The van der Waals surface area contributed by atoms with Crippen LogP contribution in [-0.2, 0) is 5.75 Å². The zero-order valence-electron chi connectivity index (χ0n) is 13.2. The normalized spacial score (nSPS) is 17.5. The maximum atomic E-state index is 13.9. The fraction of sp³-hybridized carbons (Fsp3) is 0.389. The molecule has 1 aromatic carbocycles. The van der Waals surface area contributed by atoms with Gasteiger partial charge < -0.3 is 4.57 Å². The predicted molar refractivity (Wildman–Crippen MR) is 91.5 cm³/mol. The Morgan fingerprint density at radius 1 is 1.17 bits per heavy atom. The predicted octanol–water partition coefficient (Wildman–Crippen LogP) is 4.47. The topological polar surface area (TPSA) is 43.6 Å². The van der Waals surface area contributed by atoms with E-state index in [1.165, 1.54) is 31.7 Å². The van der Waals surface area contributed by atoms with Gasteiger partial charge in [0.15, 0.2) is 5.16 Å². The van der Waals surface area contributed by atoms with Crippen molar-refractivity contribution in [2.24, 2.45) is 0 Å². The van der Waals surface area contributed by atoms with Gasteiger partial charge in [-0.3, -0.25) is 4.98 Å². The highest BCUT2D eigenvalue weighted by molar-refractivity contribution is 7.98. The van der Waals surface area contributed by atoms with E-state index in [4.69, 9.17) is 0 Å². The summed E-state index contributed by atoms with van der Waals surface area (Å²) in [6.07, 6.45) is 6.65. The van der Waals surface area contributed by atoms with Crippen molar-refractivity contribution in [1.29, 1.82) is 0 Å². The second-order valence-corrected chi connectivity index (χ2v) is 7.59. The number of nitrogens with zero attached hydrogens (tertiary/aromatic N) is 4. The van der Waals surface area contributed by atoms with E-state index in [0.29, 0.717) is 17.7 Å². The first-order valence-electron chi connectivity index (χ1n) is 8.40. The van der Waals surface area contributed by atoms with E-state index < -0.39 is 0 Å². The average Bonchev–Trinajstić information content (AvgIpc) is 3.51. The molecule has 0 radical (unpaired) electrons. The molecule has 5 rings (SSSR count). The van der Waals surface area contributed by atoms with Crippen LogP contribution >= 0.6 is 11.8 Å². The van der Waals surface area contributed by atoms with Crippen molar-refractivity contribution in [3.8, 4) is 0 Å². The largest absolute Gasteiger partial charge is 0.303 e. The van der Waals surface area contributed by atoms with E-state index in [2.05, 4.69) is 19.7 Å². The molecule has 2 aliphatic carbocycles. The molecule has 122 valence electrons. The van der Waals surface area contributed by atoms with Crippen LogP contribution in [0.15, 0.2) is 35.6 Å². The van der Waals surface area contributed by atoms with E-state index in [1.807, 2.05) is 12.1 Å². The van der Waals surface area contributed by atoms with E-state index in [-0.39, 0.29) is 5.82 Å². The second kappa shape index (κ2) is 5.55. The lowest BCUT2D eigenvalue weighted by molar-refractivity contribution is 0.625. The maximum Gasteiger partial charge on any atom is 0.191 e. The number of hydrogen-bond donors (Lipinski definition) is 0. The number of halogens is 1. The quantitative estimate of drug-likeness (QED) is 0.643. The molecule has 2 aromatic heterocycles. The minimum absolute atomic E-state index is 0.214. The molecule has 2 fully saturated rings. The lowest BCUT2D eigenvalue weighted by Crippen LogP contribution is -2.02. The molecule has 24 heavy (non-hydrogen) atoms. The Hall–Kier alpha value is -1.95. The molecule has 0 spiro atoms. The van der Waals surface area contributed by atoms with Crippen molar-refractivity contribution in [1.82, 2.24) is 19.7 Å². The van der Waals surface area contributed by atoms with E-state index in [9.17, 15) is 4.39 Å². The van der Waals surface area contributed by atoms with Crippen molar-refractivity contribution < 1.29 is 4.39 Å². The maximum absolute atomic E-state index is 13.9. The van der Waals surface area contributed by atoms with Crippen LogP contribution in [0, 0.1) is 5.82 Å². The molecule has 6 heteroatoms. The van der Waals surface area contributed by atoms with Gasteiger partial charge in [0.05, 0.1) is 5.52 Å². The summed E-state index contributed by atoms with van der Waals surface area (Å²) in [7, 11) is 0. The molecular formula is C18H17FN4S. The zero-order chi connectivity index (χ0) is 16.1. The fourth-order valence-electron chi connectivity index (χ4n) is 3.16. The van der Waals surface area contributed by atoms with Crippen LogP contribution < -0.4 is 0 Å². The third-order valence-electron chi connectivity index (χ3n) is 4.65. The molecule has 0 amide bonds. The van der Waals surface area contributed by atoms with Crippen LogP contribution in [0.5, 0.6) is 0 Å². The van der Waals surface area contributed by atoms with Gasteiger partial charge in [-0.1, -0.05) is 17.8 Å². The zero-order valence-corrected chi connectivity index (χ0v) is 14.0. The summed E-state index contributed by atoms with van der Waals surface area (Å²) in [6.45, 7) is 0. The molecule has 3 aromatic rings. The van der Waals surface area contributed by atoms with Gasteiger partial charge in [-0.25, -0.2) is 4.39 Å². The Balaban J connectivity index is 1.46. The smallest absolute Gasteiger partial charge is 0.191 e. The second-order valence-electron chi connectivity index (χ2n) is 6.64. The lowest BCUT2D eigenvalue weighted by atomic mass is 10.1. The van der Waals surface area contributed by atoms with Crippen LogP contribution in [0.3, 0.4) is 0 Å². The summed E-state index contributed by atoms with van der Waals surface area (Å²) in [5.74, 6) is 2.20. The molecule has 0 N–H and O–H groups in total. The molecule has 0 aliphatic heterocycles. The Morgan fingerprint density at radius 3 is 2.83 bits per heavy atom. The Bertz CT molecular complexity index is 915. The molecule has 0 bridgehead atoms. The summed E-state index contributed by atoms with van der Waals surface area (Å²) in [4.78, 5) is 4.43. The Labute approximate surface area is 143 Å². The number of thioether (sulfide) groups is 1. The minimum atomic E-state index is -0.214. The number of rotatable bonds is 5. The molecule has 0 saturated heterocycles. The van der Waals surface area contributed by atoms with Gasteiger partial charge in [0.25, 0.3) is 0 Å². The highest BCUT2D eigenvalue weighted by Gasteiger charge is 2.36. The highest BCUT2D eigenvalue weighted by Crippen LogP contribution is 2.46. The molecule has 0 unspecified atom stereocenters. The summed E-state index contributed by atoms with van der Waals surface area (Å²) >= 11 is 1.64. The third kappa shape index (κ3) is 2.59. The van der Waals surface area contributed by atoms with Gasteiger partial charge in [-0.05, 0) is 49.4 Å². The van der Waals surface area contributed by atoms with Gasteiger partial charge >= 0.3 is 0 Å². The number of fused-ring (bicyclic) bond motifs is 1. The van der Waals surface area contributed by atoms with E-state index in [0.717, 1.165) is 27.4 Å². The fourth-order valence-corrected chi connectivity index (χ4v) is 4.15. The van der Waals surface area contributed by atoms with Crippen molar-refractivity contribution in [2.75, 3.05) is 0 Å². The summed E-state index contributed by atoms with van der Waals surface area (Å²) in [5, 5.41) is 10.7. The summed E-state index contributed by atoms with van der Waals surface area (Å²) in [5.41, 5.74) is 1.78. The SMILES string of the molecule is Fc1cc(CSc2nnc(C3CC3)n2C2CC2)c2ncccc2c1. The third-order valence-corrected chi connectivity index (χ3v) is 5.64. The van der Waals surface area contributed by atoms with Crippen LogP contribution in [0.4, 0.5) is 4.39 Å². The summed E-state index contributed by atoms with van der Waals surface area (Å²) < 4.78 is 16.2. The van der Waals surface area contributed by atoms with Crippen LogP contribution in [0.2, 0.25) is 0 Å².